The topological polar surface area (TPSA) is 51.0 Å². The lowest BCUT2D eigenvalue weighted by Crippen LogP contribution is -2.41. The van der Waals surface area contributed by atoms with Gasteiger partial charge in [-0.05, 0) is 12.1 Å². The van der Waals surface area contributed by atoms with Gasteiger partial charge in [-0.3, -0.25) is 4.79 Å². The van der Waals surface area contributed by atoms with Crippen LogP contribution in [0.3, 0.4) is 0 Å². The number of hydrogen-bond donors (Lipinski definition) is 0. The molecule has 0 atom stereocenters. The number of para-hydroxylation sites is 1. The van der Waals surface area contributed by atoms with Crippen LogP contribution in [0.25, 0.3) is 11.4 Å². The molecule has 1 amide bonds. The van der Waals surface area contributed by atoms with Crippen molar-refractivity contribution in [1.82, 2.24) is 14.9 Å². The van der Waals surface area contributed by atoms with Crippen LogP contribution in [-0.2, 0) is 4.79 Å². The summed E-state index contributed by atoms with van der Waals surface area (Å²) in [6.45, 7) is 0. The molecule has 6 heteroatoms. The van der Waals surface area contributed by atoms with E-state index >= 15 is 0 Å². The largest absolute Gasteiger partial charge is 0.272 e. The van der Waals surface area contributed by atoms with Crippen LogP contribution in [-0.4, -0.2) is 26.5 Å². The van der Waals surface area contributed by atoms with E-state index in [0.717, 1.165) is 16.4 Å². The van der Waals surface area contributed by atoms with Gasteiger partial charge in [0.25, 0.3) is 5.91 Å². The maximum atomic E-state index is 12.5. The molecule has 0 bridgehead atoms. The Kier molecular flexibility index (Phi) is 3.16. The number of amides is 1. The summed E-state index contributed by atoms with van der Waals surface area (Å²) in [4.78, 5) is 12.5. The summed E-state index contributed by atoms with van der Waals surface area (Å²) in [5, 5.41) is 10.9. The third-order valence-corrected chi connectivity index (χ3v) is 4.31. The fraction of sp³-hybridized carbons (Fsp3) is 0.0625. The zero-order chi connectivity index (χ0) is 14.9. The van der Waals surface area contributed by atoms with Gasteiger partial charge >= 0.3 is 0 Å². The van der Waals surface area contributed by atoms with E-state index in [1.807, 2.05) is 60.7 Å². The van der Waals surface area contributed by atoms with Crippen LogP contribution >= 0.6 is 11.8 Å². The van der Waals surface area contributed by atoms with Crippen molar-refractivity contribution in [1.29, 1.82) is 0 Å². The normalized spacial score (nSPS) is 14.0. The molecule has 1 aromatic heterocycles. The van der Waals surface area contributed by atoms with Gasteiger partial charge in [0.2, 0.25) is 5.16 Å². The molecule has 1 aliphatic rings. The van der Waals surface area contributed by atoms with Gasteiger partial charge in [0.1, 0.15) is 0 Å². The van der Waals surface area contributed by atoms with Crippen molar-refractivity contribution in [3.05, 3.63) is 60.7 Å². The Morgan fingerprint density at radius 1 is 0.909 bits per heavy atom. The zero-order valence-corrected chi connectivity index (χ0v) is 12.4. The summed E-state index contributed by atoms with van der Waals surface area (Å²) in [6, 6.07) is 19.3. The van der Waals surface area contributed by atoms with Crippen molar-refractivity contribution in [2.75, 3.05) is 10.8 Å². The highest BCUT2D eigenvalue weighted by molar-refractivity contribution is 7.99. The molecule has 0 saturated carbocycles. The number of hydrogen-bond acceptors (Lipinski definition) is 4. The van der Waals surface area contributed by atoms with Gasteiger partial charge in [-0.25, -0.2) is 5.01 Å². The smallest absolute Gasteiger partial charge is 0.256 e. The van der Waals surface area contributed by atoms with Crippen molar-refractivity contribution >= 4 is 23.4 Å². The first-order chi connectivity index (χ1) is 10.8. The molecule has 0 radical (unpaired) electrons. The molecule has 2 aromatic carbocycles. The molecule has 108 valence electrons. The number of carbonyl (C=O) groups is 1. The van der Waals surface area contributed by atoms with E-state index in [-0.39, 0.29) is 5.91 Å². The van der Waals surface area contributed by atoms with Gasteiger partial charge in [0.15, 0.2) is 5.82 Å². The Morgan fingerprint density at radius 2 is 1.59 bits per heavy atom. The standard InChI is InChI=1S/C16H12N4OS/c21-14-11-22-16-18-17-15(12-7-3-1-4-8-12)20(16)19(14)13-9-5-2-6-10-13/h1-10H,11H2. The van der Waals surface area contributed by atoms with E-state index < -0.39 is 0 Å². The number of thioether (sulfide) groups is 1. The fourth-order valence-corrected chi connectivity index (χ4v) is 3.19. The Bertz CT molecular complexity index is 817. The van der Waals surface area contributed by atoms with E-state index in [4.69, 9.17) is 0 Å². The average molecular weight is 308 g/mol. The molecule has 22 heavy (non-hydrogen) atoms. The quantitative estimate of drug-likeness (QED) is 0.730. The Balaban J connectivity index is 1.91. The minimum atomic E-state index is 0.0145. The number of benzene rings is 2. The lowest BCUT2D eigenvalue weighted by molar-refractivity contribution is -0.117. The summed E-state index contributed by atoms with van der Waals surface area (Å²) in [5.41, 5.74) is 1.74. The van der Waals surface area contributed by atoms with Crippen LogP contribution < -0.4 is 5.01 Å². The Morgan fingerprint density at radius 3 is 2.32 bits per heavy atom. The number of rotatable bonds is 2. The second-order valence-corrected chi connectivity index (χ2v) is 5.76. The molecule has 2 heterocycles. The minimum Gasteiger partial charge on any atom is -0.272 e. The molecular formula is C16H12N4OS. The number of carbonyl (C=O) groups excluding carboxylic acids is 1. The van der Waals surface area contributed by atoms with Crippen LogP contribution in [0.2, 0.25) is 0 Å². The maximum Gasteiger partial charge on any atom is 0.256 e. The van der Waals surface area contributed by atoms with E-state index in [1.54, 1.807) is 9.69 Å². The molecule has 0 unspecified atom stereocenters. The zero-order valence-electron chi connectivity index (χ0n) is 11.6. The summed E-state index contributed by atoms with van der Waals surface area (Å²) >= 11 is 1.41. The molecule has 4 rings (SSSR count). The van der Waals surface area contributed by atoms with Crippen LogP contribution in [0.15, 0.2) is 65.8 Å². The van der Waals surface area contributed by atoms with Crippen molar-refractivity contribution in [2.24, 2.45) is 0 Å². The third-order valence-electron chi connectivity index (χ3n) is 3.41. The van der Waals surface area contributed by atoms with Crippen molar-refractivity contribution in [3.63, 3.8) is 0 Å². The number of nitrogens with zero attached hydrogens (tertiary/aromatic N) is 4. The van der Waals surface area contributed by atoms with Gasteiger partial charge in [-0.2, -0.15) is 4.68 Å². The number of aromatic nitrogens is 3. The van der Waals surface area contributed by atoms with Gasteiger partial charge in [0.05, 0.1) is 11.4 Å². The average Bonchev–Trinajstić information content (AvgIpc) is 3.00. The molecule has 0 N–H and O–H groups in total. The van der Waals surface area contributed by atoms with E-state index in [9.17, 15) is 4.79 Å². The second kappa shape index (κ2) is 5.31. The number of fused-ring (bicyclic) bond motifs is 1. The van der Waals surface area contributed by atoms with Gasteiger partial charge in [0, 0.05) is 5.56 Å². The highest BCUT2D eigenvalue weighted by Gasteiger charge is 2.30. The highest BCUT2D eigenvalue weighted by Crippen LogP contribution is 2.31. The van der Waals surface area contributed by atoms with Crippen LogP contribution in [0.4, 0.5) is 5.69 Å². The Hall–Kier alpha value is -2.60. The van der Waals surface area contributed by atoms with Crippen molar-refractivity contribution < 1.29 is 4.79 Å². The molecule has 3 aromatic rings. The molecule has 0 fully saturated rings. The highest BCUT2D eigenvalue weighted by atomic mass is 32.2. The lowest BCUT2D eigenvalue weighted by atomic mass is 10.2. The fourth-order valence-electron chi connectivity index (χ4n) is 2.43. The third kappa shape index (κ3) is 2.08. The lowest BCUT2D eigenvalue weighted by Gasteiger charge is -2.29. The molecule has 0 saturated heterocycles. The van der Waals surface area contributed by atoms with Gasteiger partial charge < -0.3 is 0 Å². The van der Waals surface area contributed by atoms with E-state index in [1.165, 1.54) is 11.8 Å². The SMILES string of the molecule is O=C1CSc2nnc(-c3ccccc3)n2N1c1ccccc1. The summed E-state index contributed by atoms with van der Waals surface area (Å²) in [5.74, 6) is 1.04. The van der Waals surface area contributed by atoms with Crippen LogP contribution in [0.5, 0.6) is 0 Å². The summed E-state index contributed by atoms with van der Waals surface area (Å²) in [7, 11) is 0. The van der Waals surface area contributed by atoms with Gasteiger partial charge in [-0.1, -0.05) is 60.3 Å². The monoisotopic (exact) mass is 308 g/mol. The second-order valence-electron chi connectivity index (χ2n) is 4.81. The number of anilines is 1. The molecule has 0 aliphatic carbocycles. The molecule has 1 aliphatic heterocycles. The maximum absolute atomic E-state index is 12.5. The van der Waals surface area contributed by atoms with Crippen molar-refractivity contribution in [3.8, 4) is 11.4 Å². The predicted molar refractivity (Wildman–Crippen MR) is 85.5 cm³/mol. The first kappa shape index (κ1) is 13.1. The predicted octanol–water partition coefficient (Wildman–Crippen LogP) is 2.85. The summed E-state index contributed by atoms with van der Waals surface area (Å²) < 4.78 is 1.79. The van der Waals surface area contributed by atoms with E-state index in [0.29, 0.717) is 11.6 Å². The first-order valence-corrected chi connectivity index (χ1v) is 7.85. The molecule has 5 nitrogen and oxygen atoms in total. The summed E-state index contributed by atoms with van der Waals surface area (Å²) in [6.07, 6.45) is 0. The van der Waals surface area contributed by atoms with Crippen LogP contribution in [0.1, 0.15) is 0 Å². The molecule has 0 spiro atoms. The first-order valence-electron chi connectivity index (χ1n) is 6.86. The Labute approximate surface area is 131 Å². The minimum absolute atomic E-state index is 0.0145. The van der Waals surface area contributed by atoms with Crippen LogP contribution in [0, 0.1) is 0 Å². The van der Waals surface area contributed by atoms with Gasteiger partial charge in [-0.15, -0.1) is 10.2 Å². The van der Waals surface area contributed by atoms with E-state index in [2.05, 4.69) is 10.2 Å². The molecular weight excluding hydrogens is 296 g/mol. The van der Waals surface area contributed by atoms with Crippen molar-refractivity contribution in [2.45, 2.75) is 5.16 Å².